The average Bonchev–Trinajstić information content (AvgIpc) is 2.99. The van der Waals surface area contributed by atoms with Crippen molar-refractivity contribution in [1.82, 2.24) is 19.7 Å². The third kappa shape index (κ3) is 2.22. The molecule has 0 N–H and O–H groups in total. The summed E-state index contributed by atoms with van der Waals surface area (Å²) in [7, 11) is 0. The van der Waals surface area contributed by atoms with Gasteiger partial charge in [-0.25, -0.2) is 9.07 Å². The Morgan fingerprint density at radius 1 is 1.00 bits per heavy atom. The first-order valence-electron chi connectivity index (χ1n) is 6.81. The molecule has 106 valence electrons. The van der Waals surface area contributed by atoms with Crippen molar-refractivity contribution < 1.29 is 4.39 Å². The van der Waals surface area contributed by atoms with Crippen LogP contribution < -0.4 is 0 Å². The highest BCUT2D eigenvalue weighted by Gasteiger charge is 2.06. The van der Waals surface area contributed by atoms with Crippen LogP contribution in [-0.2, 0) is 0 Å². The first kappa shape index (κ1) is 12.6. The lowest BCUT2D eigenvalue weighted by atomic mass is 10.1. The van der Waals surface area contributed by atoms with Crippen molar-refractivity contribution in [2.24, 2.45) is 0 Å². The average molecular weight is 290 g/mol. The van der Waals surface area contributed by atoms with E-state index in [1.54, 1.807) is 17.1 Å². The van der Waals surface area contributed by atoms with Gasteiger partial charge in [0, 0.05) is 35.6 Å². The van der Waals surface area contributed by atoms with E-state index in [1.165, 1.54) is 18.3 Å². The van der Waals surface area contributed by atoms with E-state index in [9.17, 15) is 4.39 Å². The Kier molecular flexibility index (Phi) is 2.89. The molecule has 0 aliphatic rings. The van der Waals surface area contributed by atoms with Crippen LogP contribution in [0.4, 0.5) is 4.39 Å². The van der Waals surface area contributed by atoms with Crippen molar-refractivity contribution in [1.29, 1.82) is 0 Å². The number of hydrogen-bond donors (Lipinski definition) is 0. The highest BCUT2D eigenvalue weighted by molar-refractivity contribution is 5.83. The number of fused-ring (bicyclic) bond motifs is 1. The number of nitrogens with zero attached hydrogens (tertiary/aromatic N) is 4. The molecule has 4 rings (SSSR count). The monoisotopic (exact) mass is 290 g/mol. The molecule has 0 saturated heterocycles. The fourth-order valence-corrected chi connectivity index (χ4v) is 2.37. The Hall–Kier alpha value is -3.08. The van der Waals surface area contributed by atoms with Crippen LogP contribution in [0.5, 0.6) is 0 Å². The van der Waals surface area contributed by atoms with Crippen LogP contribution in [0, 0.1) is 5.82 Å². The van der Waals surface area contributed by atoms with Gasteiger partial charge in [-0.15, -0.1) is 0 Å². The van der Waals surface area contributed by atoms with E-state index in [-0.39, 0.29) is 5.82 Å². The molecule has 0 spiro atoms. The zero-order valence-electron chi connectivity index (χ0n) is 11.5. The number of aromatic nitrogens is 4. The van der Waals surface area contributed by atoms with Gasteiger partial charge in [0.1, 0.15) is 5.82 Å². The molecule has 3 heterocycles. The van der Waals surface area contributed by atoms with E-state index in [4.69, 9.17) is 0 Å². The van der Waals surface area contributed by atoms with E-state index in [0.29, 0.717) is 5.69 Å². The quantitative estimate of drug-likeness (QED) is 0.566. The molecular weight excluding hydrogens is 279 g/mol. The van der Waals surface area contributed by atoms with Gasteiger partial charge < -0.3 is 0 Å². The Bertz CT molecular complexity index is 947. The molecule has 4 aromatic rings. The fourth-order valence-electron chi connectivity index (χ4n) is 2.37. The topological polar surface area (TPSA) is 43.6 Å². The zero-order chi connectivity index (χ0) is 14.9. The van der Waals surface area contributed by atoms with Crippen molar-refractivity contribution in [3.8, 4) is 16.9 Å². The lowest BCUT2D eigenvalue weighted by Crippen LogP contribution is -1.93. The minimum Gasteiger partial charge on any atom is -0.262 e. The summed E-state index contributed by atoms with van der Waals surface area (Å²) in [6, 6.07) is 12.3. The summed E-state index contributed by atoms with van der Waals surface area (Å²) in [5, 5.41) is 5.48. The van der Waals surface area contributed by atoms with Crippen LogP contribution >= 0.6 is 0 Å². The van der Waals surface area contributed by atoms with Crippen molar-refractivity contribution in [2.45, 2.75) is 0 Å². The van der Waals surface area contributed by atoms with Crippen molar-refractivity contribution in [3.05, 3.63) is 73.1 Å². The Morgan fingerprint density at radius 2 is 1.95 bits per heavy atom. The summed E-state index contributed by atoms with van der Waals surface area (Å²) in [5.74, 6) is -0.295. The van der Waals surface area contributed by atoms with Gasteiger partial charge in [0.05, 0.1) is 23.1 Å². The van der Waals surface area contributed by atoms with Gasteiger partial charge in [-0.05, 0) is 30.3 Å². The second-order valence-corrected chi connectivity index (χ2v) is 4.92. The van der Waals surface area contributed by atoms with Crippen LogP contribution in [0.3, 0.4) is 0 Å². The first-order valence-corrected chi connectivity index (χ1v) is 6.81. The molecular formula is C17H11FN4. The lowest BCUT2D eigenvalue weighted by Gasteiger charge is -2.00. The number of pyridine rings is 2. The molecule has 4 nitrogen and oxygen atoms in total. The summed E-state index contributed by atoms with van der Waals surface area (Å²) in [4.78, 5) is 8.30. The lowest BCUT2D eigenvalue weighted by molar-refractivity contribution is 0.626. The summed E-state index contributed by atoms with van der Waals surface area (Å²) < 4.78 is 15.1. The van der Waals surface area contributed by atoms with Gasteiger partial charge in [0.15, 0.2) is 0 Å². The largest absolute Gasteiger partial charge is 0.262 e. The van der Waals surface area contributed by atoms with Gasteiger partial charge in [0.25, 0.3) is 0 Å². The number of hydrogen-bond acceptors (Lipinski definition) is 3. The van der Waals surface area contributed by atoms with Gasteiger partial charge >= 0.3 is 0 Å². The van der Waals surface area contributed by atoms with Crippen LogP contribution in [0.25, 0.3) is 27.8 Å². The van der Waals surface area contributed by atoms with Gasteiger partial charge in [-0.2, -0.15) is 5.10 Å². The second-order valence-electron chi connectivity index (χ2n) is 4.92. The molecule has 0 radical (unpaired) electrons. The molecule has 0 amide bonds. The van der Waals surface area contributed by atoms with Gasteiger partial charge in [0.2, 0.25) is 0 Å². The normalized spacial score (nSPS) is 11.0. The number of halogens is 1. The first-order chi connectivity index (χ1) is 10.8. The van der Waals surface area contributed by atoms with Crippen molar-refractivity contribution in [3.63, 3.8) is 0 Å². The number of benzene rings is 1. The molecule has 0 unspecified atom stereocenters. The molecule has 1 aromatic carbocycles. The summed E-state index contributed by atoms with van der Waals surface area (Å²) in [5.41, 5.74) is 3.22. The molecule has 0 saturated carbocycles. The predicted molar refractivity (Wildman–Crippen MR) is 82.1 cm³/mol. The SMILES string of the molecule is Fc1ccnc(-c2ccc3nn(-c4cccnc4)cc3c2)c1. The van der Waals surface area contributed by atoms with E-state index >= 15 is 0 Å². The summed E-state index contributed by atoms with van der Waals surface area (Å²) >= 11 is 0. The van der Waals surface area contributed by atoms with E-state index < -0.39 is 0 Å². The molecule has 3 aromatic heterocycles. The van der Waals surface area contributed by atoms with Gasteiger partial charge in [-0.3, -0.25) is 9.97 Å². The molecule has 0 aliphatic carbocycles. The minimum absolute atomic E-state index is 0.295. The molecule has 0 bridgehead atoms. The van der Waals surface area contributed by atoms with Gasteiger partial charge in [-0.1, -0.05) is 6.07 Å². The third-order valence-corrected chi connectivity index (χ3v) is 3.43. The van der Waals surface area contributed by atoms with Crippen LogP contribution in [0.15, 0.2) is 67.3 Å². The predicted octanol–water partition coefficient (Wildman–Crippen LogP) is 3.62. The Morgan fingerprint density at radius 3 is 2.77 bits per heavy atom. The summed E-state index contributed by atoms with van der Waals surface area (Å²) in [6.07, 6.45) is 6.87. The maximum Gasteiger partial charge on any atom is 0.126 e. The summed E-state index contributed by atoms with van der Waals surface area (Å²) in [6.45, 7) is 0. The highest BCUT2D eigenvalue weighted by atomic mass is 19.1. The minimum atomic E-state index is -0.295. The Labute approximate surface area is 125 Å². The highest BCUT2D eigenvalue weighted by Crippen LogP contribution is 2.23. The molecule has 0 atom stereocenters. The second kappa shape index (κ2) is 5.04. The molecule has 5 heteroatoms. The maximum atomic E-state index is 13.3. The third-order valence-electron chi connectivity index (χ3n) is 3.43. The fraction of sp³-hybridized carbons (Fsp3) is 0. The van der Waals surface area contributed by atoms with E-state index in [1.807, 2.05) is 36.5 Å². The van der Waals surface area contributed by atoms with Crippen LogP contribution in [-0.4, -0.2) is 19.7 Å². The Balaban J connectivity index is 1.82. The maximum absolute atomic E-state index is 13.3. The molecule has 22 heavy (non-hydrogen) atoms. The number of rotatable bonds is 2. The smallest absolute Gasteiger partial charge is 0.126 e. The molecule has 0 aliphatic heterocycles. The van der Waals surface area contributed by atoms with E-state index in [2.05, 4.69) is 15.1 Å². The molecule has 0 fully saturated rings. The zero-order valence-corrected chi connectivity index (χ0v) is 11.5. The van der Waals surface area contributed by atoms with Crippen LogP contribution in [0.2, 0.25) is 0 Å². The van der Waals surface area contributed by atoms with Crippen molar-refractivity contribution >= 4 is 10.9 Å². The standard InChI is InChI=1S/C17H11FN4/c18-14-5-7-20-17(9-14)12-3-4-16-13(8-12)11-22(21-16)15-2-1-6-19-10-15/h1-11H. The van der Waals surface area contributed by atoms with E-state index in [0.717, 1.165) is 22.2 Å². The van der Waals surface area contributed by atoms with Crippen LogP contribution in [0.1, 0.15) is 0 Å². The van der Waals surface area contributed by atoms with Crippen molar-refractivity contribution in [2.75, 3.05) is 0 Å².